The van der Waals surface area contributed by atoms with Gasteiger partial charge in [0, 0.05) is 12.8 Å². The lowest BCUT2D eigenvalue weighted by Crippen LogP contribution is -2.40. The van der Waals surface area contributed by atoms with Crippen molar-refractivity contribution in [2.75, 3.05) is 47.5 Å². The molecule has 0 spiro atoms. The third-order valence-corrected chi connectivity index (χ3v) is 17.7. The predicted octanol–water partition coefficient (Wildman–Crippen LogP) is 26.3. The van der Waals surface area contributed by atoms with E-state index in [2.05, 4.69) is 135 Å². The fourth-order valence-electron chi connectivity index (χ4n) is 11.5. The van der Waals surface area contributed by atoms with Gasteiger partial charge in [0.1, 0.15) is 13.2 Å². The number of carboxylic acids is 1. The molecule has 0 radical (unpaired) electrons. The summed E-state index contributed by atoms with van der Waals surface area (Å²) in [6.45, 7) is 4.79. The average molecular weight is 1350 g/mol. The number of nitrogens with zero attached hydrogens (tertiary/aromatic N) is 1. The summed E-state index contributed by atoms with van der Waals surface area (Å²) in [5.41, 5.74) is 0. The third-order valence-electron chi connectivity index (χ3n) is 17.7. The number of likely N-dealkylation sites (N-methyl/N-ethyl adjacent to an activating group) is 1. The molecule has 9 heteroatoms. The molecule has 0 aromatic rings. The lowest BCUT2D eigenvalue weighted by atomic mass is 10.0. The minimum absolute atomic E-state index is 0.182. The summed E-state index contributed by atoms with van der Waals surface area (Å²) in [7, 11) is 5.99. The first kappa shape index (κ1) is 92.7. The van der Waals surface area contributed by atoms with Gasteiger partial charge < -0.3 is 28.5 Å². The number of ether oxygens (including phenoxy) is 4. The number of aliphatic carboxylic acids is 1. The van der Waals surface area contributed by atoms with Gasteiger partial charge in [0.2, 0.25) is 0 Å². The molecule has 2 unspecified atom stereocenters. The molecular weight excluding hydrogens is 1200 g/mol. The van der Waals surface area contributed by atoms with Crippen LogP contribution in [-0.4, -0.2) is 87.4 Å². The zero-order chi connectivity index (χ0) is 70.4. The number of carboxylic acid groups (broad SMARTS) is 1. The molecule has 0 aliphatic rings. The first-order chi connectivity index (χ1) is 47.6. The Bertz CT molecular complexity index is 2020. The molecule has 1 N–H and O–H groups in total. The molecule has 0 rings (SSSR count). The van der Waals surface area contributed by atoms with Crippen LogP contribution in [0, 0.1) is 0 Å². The summed E-state index contributed by atoms with van der Waals surface area (Å²) in [6.07, 6.45) is 108. The molecule has 0 saturated carbocycles. The van der Waals surface area contributed by atoms with Crippen LogP contribution in [0.1, 0.15) is 361 Å². The highest BCUT2D eigenvalue weighted by Crippen LogP contribution is 2.19. The number of rotatable bonds is 75. The molecular formula is C88H154NO8+. The van der Waals surface area contributed by atoms with E-state index in [9.17, 15) is 19.5 Å². The maximum absolute atomic E-state index is 13.0. The second-order valence-electron chi connectivity index (χ2n) is 28.3. The van der Waals surface area contributed by atoms with Gasteiger partial charge in [0.15, 0.2) is 6.10 Å². The second-order valence-corrected chi connectivity index (χ2v) is 28.3. The Morgan fingerprint density at radius 2 is 0.588 bits per heavy atom. The summed E-state index contributed by atoms with van der Waals surface area (Å²) in [4.78, 5) is 37.8. The Morgan fingerprint density at radius 3 is 0.876 bits per heavy atom. The number of hydrogen-bond donors (Lipinski definition) is 1. The minimum atomic E-state index is -1.51. The normalized spacial score (nSPS) is 13.3. The lowest BCUT2D eigenvalue weighted by molar-refractivity contribution is -0.870. The zero-order valence-electron chi connectivity index (χ0n) is 64.0. The molecule has 0 aliphatic carbocycles. The van der Waals surface area contributed by atoms with Gasteiger partial charge in [0.05, 0.1) is 34.4 Å². The number of quaternary nitrogens is 1. The van der Waals surface area contributed by atoms with Gasteiger partial charge in [-0.15, -0.1) is 0 Å². The zero-order valence-corrected chi connectivity index (χ0v) is 64.0. The first-order valence-corrected chi connectivity index (χ1v) is 40.7. The highest BCUT2D eigenvalue weighted by molar-refractivity contribution is 5.71. The van der Waals surface area contributed by atoms with Crippen LogP contribution >= 0.6 is 0 Å². The summed E-state index contributed by atoms with van der Waals surface area (Å²) in [6, 6.07) is 0. The molecule has 0 saturated heterocycles. The summed E-state index contributed by atoms with van der Waals surface area (Å²) < 4.78 is 23.1. The molecule has 97 heavy (non-hydrogen) atoms. The summed E-state index contributed by atoms with van der Waals surface area (Å²) in [5, 5.41) is 9.78. The average Bonchev–Trinajstić information content (AvgIpc) is 2.39. The standard InChI is InChI=1S/C88H153NO8/c1-6-8-10-12-14-16-18-20-22-24-26-28-30-32-34-36-38-40-41-42-43-44-45-47-49-51-53-55-57-59-61-63-65-67-69-71-73-75-77-79-86(91)97-84(83-96-88(87(92)93)94-81-80-89(3,4)5)82-95-85(90)78-76-74-72-70-68-66-64-62-60-58-56-54-52-50-48-46-39-37-35-33-31-29-27-25-23-21-19-17-15-13-11-9-7-2/h8,10,14,16,19-22,25-28,31-34,38,40,42-43,84,88H,6-7,9,11-13,15,17-18,23-24,29-30,35-37,39,41,44-83H2,1-5H3/p+1/b10-8-,16-14-,21-19-,22-20-,27-25-,28-26-,33-31-,34-32-,40-38-,43-42-. The van der Waals surface area contributed by atoms with Crippen LogP contribution in [0.4, 0.5) is 0 Å². The van der Waals surface area contributed by atoms with E-state index in [0.29, 0.717) is 17.4 Å². The van der Waals surface area contributed by atoms with Gasteiger partial charge in [-0.3, -0.25) is 9.59 Å². The van der Waals surface area contributed by atoms with Crippen LogP contribution in [0.2, 0.25) is 0 Å². The fourth-order valence-corrected chi connectivity index (χ4v) is 11.5. The number of unbranched alkanes of at least 4 members (excludes halogenated alkanes) is 40. The summed E-state index contributed by atoms with van der Waals surface area (Å²) >= 11 is 0. The quantitative estimate of drug-likeness (QED) is 0.0211. The topological polar surface area (TPSA) is 108 Å². The van der Waals surface area contributed by atoms with Crippen molar-refractivity contribution in [3.05, 3.63) is 122 Å². The molecule has 0 heterocycles. The van der Waals surface area contributed by atoms with Crippen molar-refractivity contribution in [3.8, 4) is 0 Å². The molecule has 9 nitrogen and oxygen atoms in total. The smallest absolute Gasteiger partial charge is 0.361 e. The van der Waals surface area contributed by atoms with Gasteiger partial charge in [-0.1, -0.05) is 360 Å². The number of carbonyl (C=O) groups excluding carboxylic acids is 2. The van der Waals surface area contributed by atoms with Crippen LogP contribution in [0.3, 0.4) is 0 Å². The minimum Gasteiger partial charge on any atom is -0.477 e. The molecule has 558 valence electrons. The van der Waals surface area contributed by atoms with Crippen LogP contribution in [-0.2, 0) is 33.3 Å². The Morgan fingerprint density at radius 1 is 0.320 bits per heavy atom. The number of carbonyl (C=O) groups is 3. The summed E-state index contributed by atoms with van der Waals surface area (Å²) in [5.74, 6) is -1.99. The molecule has 0 fully saturated rings. The van der Waals surface area contributed by atoms with E-state index in [1.165, 1.54) is 238 Å². The number of hydrogen-bond acceptors (Lipinski definition) is 7. The Hall–Kier alpha value is -4.31. The molecule has 0 aromatic carbocycles. The van der Waals surface area contributed by atoms with E-state index in [4.69, 9.17) is 18.9 Å². The van der Waals surface area contributed by atoms with Crippen molar-refractivity contribution in [1.82, 2.24) is 0 Å². The highest BCUT2D eigenvalue weighted by Gasteiger charge is 2.25. The van der Waals surface area contributed by atoms with E-state index in [0.717, 1.165) is 96.3 Å². The van der Waals surface area contributed by atoms with Gasteiger partial charge in [0.25, 0.3) is 6.29 Å². The molecule has 0 aliphatic heterocycles. The van der Waals surface area contributed by atoms with Crippen molar-refractivity contribution in [3.63, 3.8) is 0 Å². The van der Waals surface area contributed by atoms with Gasteiger partial charge >= 0.3 is 17.9 Å². The van der Waals surface area contributed by atoms with Crippen molar-refractivity contribution in [2.24, 2.45) is 0 Å². The Kier molecular flexibility index (Phi) is 74.0. The first-order valence-electron chi connectivity index (χ1n) is 40.7. The van der Waals surface area contributed by atoms with Gasteiger partial charge in [-0.25, -0.2) is 4.79 Å². The lowest BCUT2D eigenvalue weighted by Gasteiger charge is -2.25. The van der Waals surface area contributed by atoms with E-state index >= 15 is 0 Å². The highest BCUT2D eigenvalue weighted by atomic mass is 16.7. The molecule has 0 amide bonds. The van der Waals surface area contributed by atoms with Crippen LogP contribution in [0.15, 0.2) is 122 Å². The predicted molar refractivity (Wildman–Crippen MR) is 419 cm³/mol. The van der Waals surface area contributed by atoms with Gasteiger partial charge in [-0.05, 0) is 109 Å². The van der Waals surface area contributed by atoms with E-state index in [-0.39, 0.29) is 32.2 Å². The van der Waals surface area contributed by atoms with E-state index in [1.807, 2.05) is 21.1 Å². The number of allylic oxidation sites excluding steroid dienone is 20. The van der Waals surface area contributed by atoms with E-state index < -0.39 is 24.3 Å². The monoisotopic (exact) mass is 1350 g/mol. The molecule has 0 aromatic heterocycles. The largest absolute Gasteiger partial charge is 0.477 e. The van der Waals surface area contributed by atoms with Crippen molar-refractivity contribution >= 4 is 17.9 Å². The molecule has 0 bridgehead atoms. The van der Waals surface area contributed by atoms with Gasteiger partial charge in [-0.2, -0.15) is 0 Å². The Labute approximate surface area is 599 Å². The maximum Gasteiger partial charge on any atom is 0.361 e. The van der Waals surface area contributed by atoms with Crippen molar-refractivity contribution < 1.29 is 42.9 Å². The SMILES string of the molecule is CC/C=C\C/C=C\C/C=C\C/C=C\C/C=C\C/C=C\C/C=C\CCCCCCCCCCCCCCCCCCCC(=O)OC(COC(=O)CCCCCCCCCCCCCCCCCCCC/C=C\C/C=C\C/C=C\CCCCCCC)COC(OCC[N+](C)(C)C)C(=O)O. The third kappa shape index (κ3) is 78.9. The van der Waals surface area contributed by atoms with Crippen LogP contribution < -0.4 is 0 Å². The van der Waals surface area contributed by atoms with Crippen LogP contribution in [0.25, 0.3) is 0 Å². The van der Waals surface area contributed by atoms with Crippen LogP contribution in [0.5, 0.6) is 0 Å². The fraction of sp³-hybridized carbons (Fsp3) is 0.739. The van der Waals surface area contributed by atoms with Crippen molar-refractivity contribution in [1.29, 1.82) is 0 Å². The maximum atomic E-state index is 13.0. The second kappa shape index (κ2) is 77.4. The van der Waals surface area contributed by atoms with Crippen molar-refractivity contribution in [2.45, 2.75) is 373 Å². The Balaban J connectivity index is 4.02. The molecule has 2 atom stereocenters. The van der Waals surface area contributed by atoms with E-state index in [1.54, 1.807) is 0 Å². The number of esters is 2.